The Morgan fingerprint density at radius 2 is 1.48 bits per heavy atom. The molecule has 0 bridgehead atoms. The first kappa shape index (κ1) is 16.0. The van der Waals surface area contributed by atoms with Gasteiger partial charge in [0.2, 0.25) is 9.84 Å². The predicted octanol–water partition coefficient (Wildman–Crippen LogP) is 3.66. The maximum atomic E-state index is 13.1. The van der Waals surface area contributed by atoms with Crippen molar-refractivity contribution in [2.45, 2.75) is 16.7 Å². The number of carbonyl (C=O) groups excluding carboxylic acids is 2. The van der Waals surface area contributed by atoms with E-state index in [1.807, 2.05) is 6.92 Å². The minimum absolute atomic E-state index is 0.0138. The Balaban J connectivity index is 1.83. The maximum Gasteiger partial charge on any atom is 0.210 e. The average molecular weight is 375 g/mol. The van der Waals surface area contributed by atoms with Crippen LogP contribution >= 0.6 is 0 Å². The topological polar surface area (TPSA) is 80.3 Å². The highest BCUT2D eigenvalue weighted by molar-refractivity contribution is 7.92. The van der Waals surface area contributed by atoms with Crippen molar-refractivity contribution >= 4 is 32.8 Å². The van der Waals surface area contributed by atoms with Gasteiger partial charge in [-0.25, -0.2) is 8.42 Å². The summed E-state index contributed by atoms with van der Waals surface area (Å²) in [5, 5.41) is 3.08. The van der Waals surface area contributed by atoms with Crippen LogP contribution in [0.1, 0.15) is 37.4 Å². The third kappa shape index (κ3) is 2.01. The number of anilines is 2. The quantitative estimate of drug-likeness (QED) is 0.447. The summed E-state index contributed by atoms with van der Waals surface area (Å²) in [5.74, 6) is -0.632. The van der Waals surface area contributed by atoms with Crippen molar-refractivity contribution in [1.82, 2.24) is 0 Å². The van der Waals surface area contributed by atoms with E-state index in [9.17, 15) is 18.0 Å². The van der Waals surface area contributed by atoms with Crippen molar-refractivity contribution in [2.24, 2.45) is 0 Å². The molecular weight excluding hydrogens is 362 g/mol. The van der Waals surface area contributed by atoms with Gasteiger partial charge in [-0.15, -0.1) is 0 Å². The van der Waals surface area contributed by atoms with E-state index in [-0.39, 0.29) is 43.7 Å². The number of benzene rings is 3. The molecule has 0 saturated heterocycles. The van der Waals surface area contributed by atoms with Crippen molar-refractivity contribution in [3.8, 4) is 0 Å². The summed E-state index contributed by atoms with van der Waals surface area (Å²) >= 11 is 0. The van der Waals surface area contributed by atoms with Crippen LogP contribution in [-0.4, -0.2) is 20.0 Å². The third-order valence-electron chi connectivity index (χ3n) is 5.03. The van der Waals surface area contributed by atoms with E-state index in [4.69, 9.17) is 0 Å². The summed E-state index contributed by atoms with van der Waals surface area (Å²) in [6.07, 6.45) is 0. The molecule has 0 aromatic heterocycles. The second-order valence-corrected chi connectivity index (χ2v) is 8.58. The Bertz CT molecular complexity index is 1310. The van der Waals surface area contributed by atoms with E-state index < -0.39 is 9.84 Å². The van der Waals surface area contributed by atoms with Crippen molar-refractivity contribution in [3.05, 3.63) is 82.4 Å². The second kappa shape index (κ2) is 5.14. The molecule has 3 aromatic carbocycles. The van der Waals surface area contributed by atoms with E-state index in [1.165, 1.54) is 12.1 Å². The van der Waals surface area contributed by atoms with Crippen molar-refractivity contribution < 1.29 is 18.0 Å². The number of carbonyl (C=O) groups is 2. The van der Waals surface area contributed by atoms with Crippen LogP contribution < -0.4 is 5.32 Å². The Labute approximate surface area is 155 Å². The molecule has 27 heavy (non-hydrogen) atoms. The Morgan fingerprint density at radius 1 is 0.778 bits per heavy atom. The first-order chi connectivity index (χ1) is 12.9. The zero-order chi connectivity index (χ0) is 18.9. The lowest BCUT2D eigenvalue weighted by Crippen LogP contribution is -2.25. The molecule has 0 spiro atoms. The van der Waals surface area contributed by atoms with E-state index >= 15 is 0 Å². The molecule has 0 atom stereocenters. The maximum absolute atomic E-state index is 13.1. The monoisotopic (exact) mass is 375 g/mol. The van der Waals surface area contributed by atoms with Crippen LogP contribution in [0, 0.1) is 6.92 Å². The smallest absolute Gasteiger partial charge is 0.210 e. The molecular formula is C21H13NO4S. The molecule has 0 unspecified atom stereocenters. The molecule has 3 aromatic rings. The molecule has 0 radical (unpaired) electrons. The van der Waals surface area contributed by atoms with Gasteiger partial charge in [0.25, 0.3) is 0 Å². The lowest BCUT2D eigenvalue weighted by atomic mass is 9.83. The fraction of sp³-hybridized carbons (Fsp3) is 0.0476. The van der Waals surface area contributed by atoms with Crippen molar-refractivity contribution in [3.63, 3.8) is 0 Å². The number of hydrogen-bond acceptors (Lipinski definition) is 5. The summed E-state index contributed by atoms with van der Waals surface area (Å²) in [6, 6.07) is 14.5. The molecule has 6 heteroatoms. The van der Waals surface area contributed by atoms with Gasteiger partial charge in [0, 0.05) is 16.7 Å². The molecule has 0 fully saturated rings. The number of aryl methyl sites for hydroxylation is 1. The van der Waals surface area contributed by atoms with E-state index in [0.29, 0.717) is 11.3 Å². The SMILES string of the molecule is Cc1ccc2c(c1)S(=O)(=O)c1ccc3c(c1N2)C(=O)c1ccccc1C3=O. The van der Waals surface area contributed by atoms with Crippen LogP contribution in [0.4, 0.5) is 11.4 Å². The van der Waals surface area contributed by atoms with Gasteiger partial charge >= 0.3 is 0 Å². The van der Waals surface area contributed by atoms with Gasteiger partial charge in [-0.1, -0.05) is 30.3 Å². The van der Waals surface area contributed by atoms with Gasteiger partial charge in [0.05, 0.1) is 26.7 Å². The summed E-state index contributed by atoms with van der Waals surface area (Å²) in [5.41, 5.74) is 2.36. The Kier molecular flexibility index (Phi) is 3.04. The Hall–Kier alpha value is -3.25. The molecule has 1 N–H and O–H groups in total. The van der Waals surface area contributed by atoms with E-state index in [2.05, 4.69) is 5.32 Å². The average Bonchev–Trinajstić information content (AvgIpc) is 2.66. The van der Waals surface area contributed by atoms with Crippen LogP contribution in [-0.2, 0) is 9.84 Å². The van der Waals surface area contributed by atoms with Gasteiger partial charge in [-0.3, -0.25) is 9.59 Å². The highest BCUT2D eigenvalue weighted by Crippen LogP contribution is 2.44. The fourth-order valence-electron chi connectivity index (χ4n) is 3.72. The highest BCUT2D eigenvalue weighted by Gasteiger charge is 2.38. The van der Waals surface area contributed by atoms with Gasteiger partial charge in [0.15, 0.2) is 11.6 Å². The number of nitrogens with one attached hydrogen (secondary N) is 1. The van der Waals surface area contributed by atoms with Crippen molar-refractivity contribution in [1.29, 1.82) is 0 Å². The lowest BCUT2D eigenvalue weighted by Gasteiger charge is -2.27. The van der Waals surface area contributed by atoms with Gasteiger partial charge in [-0.2, -0.15) is 0 Å². The molecule has 1 aliphatic carbocycles. The largest absolute Gasteiger partial charge is 0.353 e. The molecule has 2 aliphatic rings. The van der Waals surface area contributed by atoms with Crippen LogP contribution in [0.25, 0.3) is 0 Å². The lowest BCUT2D eigenvalue weighted by molar-refractivity contribution is 0.0979. The predicted molar refractivity (Wildman–Crippen MR) is 99.7 cm³/mol. The third-order valence-corrected chi connectivity index (χ3v) is 6.87. The number of ketones is 2. The summed E-state index contributed by atoms with van der Waals surface area (Å²) < 4.78 is 26.3. The van der Waals surface area contributed by atoms with Crippen LogP contribution in [0.2, 0.25) is 0 Å². The summed E-state index contributed by atoms with van der Waals surface area (Å²) in [7, 11) is -3.80. The van der Waals surface area contributed by atoms with Crippen LogP contribution in [0.5, 0.6) is 0 Å². The van der Waals surface area contributed by atoms with Crippen LogP contribution in [0.3, 0.4) is 0 Å². The summed E-state index contributed by atoms with van der Waals surface area (Å²) in [6.45, 7) is 1.82. The van der Waals surface area contributed by atoms with Gasteiger partial charge in [-0.05, 0) is 36.8 Å². The minimum atomic E-state index is -3.80. The second-order valence-electron chi connectivity index (χ2n) is 6.69. The van der Waals surface area contributed by atoms with Gasteiger partial charge in [0.1, 0.15) is 0 Å². The number of hydrogen-bond donors (Lipinski definition) is 1. The minimum Gasteiger partial charge on any atom is -0.353 e. The number of fused-ring (bicyclic) bond motifs is 5. The normalized spacial score (nSPS) is 15.9. The standard InChI is InChI=1S/C21H13NO4S/c1-11-6-8-15-17(10-11)27(25,26)16-9-7-14-18(19(16)22-15)21(24)13-5-3-2-4-12(13)20(14)23/h2-10,22H,1H3. The fourth-order valence-corrected chi connectivity index (χ4v) is 5.38. The Morgan fingerprint density at radius 3 is 2.22 bits per heavy atom. The van der Waals surface area contributed by atoms with Crippen LogP contribution in [0.15, 0.2) is 64.4 Å². The van der Waals surface area contributed by atoms with E-state index in [0.717, 1.165) is 5.56 Å². The first-order valence-electron chi connectivity index (χ1n) is 8.38. The zero-order valence-electron chi connectivity index (χ0n) is 14.2. The molecule has 0 saturated carbocycles. The van der Waals surface area contributed by atoms with E-state index in [1.54, 1.807) is 42.5 Å². The summed E-state index contributed by atoms with van der Waals surface area (Å²) in [4.78, 5) is 26.2. The number of rotatable bonds is 0. The molecule has 132 valence electrons. The first-order valence-corrected chi connectivity index (χ1v) is 9.86. The van der Waals surface area contributed by atoms with Gasteiger partial charge < -0.3 is 5.32 Å². The molecule has 0 amide bonds. The zero-order valence-corrected chi connectivity index (χ0v) is 15.1. The molecule has 1 aliphatic heterocycles. The molecule has 5 rings (SSSR count). The van der Waals surface area contributed by atoms with Crippen molar-refractivity contribution in [2.75, 3.05) is 5.32 Å². The molecule has 1 heterocycles. The number of sulfone groups is 1. The highest BCUT2D eigenvalue weighted by atomic mass is 32.2. The molecule has 5 nitrogen and oxygen atoms in total.